The number of hydrogen-bond donors (Lipinski definition) is 2. The Morgan fingerprint density at radius 3 is 2.40 bits per heavy atom. The Hall–Kier alpha value is -0.770. The molecule has 0 radical (unpaired) electrons. The van der Waals surface area contributed by atoms with E-state index in [1.165, 1.54) is 32.6 Å². The zero-order chi connectivity index (χ0) is 32.5. The summed E-state index contributed by atoms with van der Waals surface area (Å²) in [5.41, 5.74) is -0.869. The molecule has 7 rings (SSSR count). The van der Waals surface area contributed by atoms with E-state index in [2.05, 4.69) is 46.6 Å². The number of aliphatic hydroxyl groups excluding tert-OH is 1. The van der Waals surface area contributed by atoms with Crippen molar-refractivity contribution in [3.63, 3.8) is 0 Å². The number of carbonyl (C=O) groups is 1. The standard InChI is InChI=1S/C37H61NO7/c1-21-18-23(31(33(5,6)41)43-22(2)39)44-29-28(21)34(7)14-15-37-20-36(37)13-12-26(45-27-19-38(9)16-17-42-27)32(3,4)24(36)10-11-25(37)35(34,8)30(29)40/h21,23-31,40-41H,10-20H2,1-9H3/t21-,23?,24+,25-,26+,27+,28+,29?,30?,31+,34-,35-,36-,37+/m1/s1. The van der Waals surface area contributed by atoms with E-state index >= 15 is 0 Å². The van der Waals surface area contributed by atoms with Crippen LogP contribution in [0.1, 0.15) is 107 Å². The number of fused-ring (bicyclic) bond motifs is 4. The van der Waals surface area contributed by atoms with Crippen LogP contribution in [0, 0.1) is 50.7 Å². The number of aliphatic hydroxyl groups is 2. The third kappa shape index (κ3) is 4.40. The van der Waals surface area contributed by atoms with Gasteiger partial charge in [-0.15, -0.1) is 0 Å². The summed E-state index contributed by atoms with van der Waals surface area (Å²) < 4.78 is 25.4. The Kier molecular flexibility index (Phi) is 7.55. The van der Waals surface area contributed by atoms with Gasteiger partial charge in [-0.05, 0) is 118 Å². The fourth-order valence-electron chi connectivity index (χ4n) is 13.6. The lowest BCUT2D eigenvalue weighted by molar-refractivity contribution is -0.247. The number of rotatable bonds is 5. The van der Waals surface area contributed by atoms with E-state index in [9.17, 15) is 15.0 Å². The zero-order valence-electron chi connectivity index (χ0n) is 29.4. The molecule has 2 N–H and O–H groups in total. The molecule has 2 saturated heterocycles. The predicted molar refractivity (Wildman–Crippen MR) is 170 cm³/mol. The van der Waals surface area contributed by atoms with Crippen LogP contribution in [0.25, 0.3) is 0 Å². The molecule has 0 aromatic carbocycles. The lowest BCUT2D eigenvalue weighted by atomic mass is 9.41. The number of carbonyl (C=O) groups excluding carboxylic acids is 1. The van der Waals surface area contributed by atoms with Crippen LogP contribution in [0.3, 0.4) is 0 Å². The van der Waals surface area contributed by atoms with Crippen LogP contribution in [0.5, 0.6) is 0 Å². The summed E-state index contributed by atoms with van der Waals surface area (Å²) >= 11 is 0. The number of morpholine rings is 1. The summed E-state index contributed by atoms with van der Waals surface area (Å²) in [6.07, 6.45) is 6.89. The van der Waals surface area contributed by atoms with E-state index in [0.29, 0.717) is 23.7 Å². The zero-order valence-corrected chi connectivity index (χ0v) is 29.4. The molecule has 0 amide bonds. The van der Waals surface area contributed by atoms with Gasteiger partial charge in [0.2, 0.25) is 0 Å². The van der Waals surface area contributed by atoms with Crippen molar-refractivity contribution in [2.24, 2.45) is 50.7 Å². The highest BCUT2D eigenvalue weighted by atomic mass is 16.7. The second-order valence-corrected chi connectivity index (χ2v) is 18.4. The maximum Gasteiger partial charge on any atom is 0.303 e. The minimum absolute atomic E-state index is 0.0418. The van der Waals surface area contributed by atoms with Crippen LogP contribution in [0.15, 0.2) is 0 Å². The van der Waals surface area contributed by atoms with Gasteiger partial charge in [-0.25, -0.2) is 0 Å². The van der Waals surface area contributed by atoms with Gasteiger partial charge >= 0.3 is 5.97 Å². The predicted octanol–water partition coefficient (Wildman–Crippen LogP) is 5.18. The van der Waals surface area contributed by atoms with Gasteiger partial charge in [-0.1, -0.05) is 34.6 Å². The smallest absolute Gasteiger partial charge is 0.303 e. The lowest BCUT2D eigenvalue weighted by Gasteiger charge is -2.64. The first-order chi connectivity index (χ1) is 20.9. The minimum atomic E-state index is -1.25. The molecular formula is C37H61NO7. The summed E-state index contributed by atoms with van der Waals surface area (Å²) in [6, 6.07) is 0. The molecule has 7 fully saturated rings. The van der Waals surface area contributed by atoms with Crippen LogP contribution in [0.2, 0.25) is 0 Å². The molecule has 8 nitrogen and oxygen atoms in total. The average molecular weight is 632 g/mol. The van der Waals surface area contributed by atoms with Gasteiger partial charge in [0.25, 0.3) is 0 Å². The highest BCUT2D eigenvalue weighted by Crippen LogP contribution is 2.89. The van der Waals surface area contributed by atoms with Gasteiger partial charge in [-0.2, -0.15) is 0 Å². The van der Waals surface area contributed by atoms with Crippen molar-refractivity contribution in [2.75, 3.05) is 26.7 Å². The topological polar surface area (TPSA) is 97.7 Å². The molecule has 2 spiro atoms. The van der Waals surface area contributed by atoms with E-state index < -0.39 is 29.9 Å². The summed E-state index contributed by atoms with van der Waals surface area (Å²) in [5.74, 6) is 1.16. The van der Waals surface area contributed by atoms with Gasteiger partial charge < -0.3 is 29.2 Å². The lowest BCUT2D eigenvalue weighted by Crippen LogP contribution is -2.60. The second-order valence-electron chi connectivity index (χ2n) is 18.4. The second kappa shape index (κ2) is 10.4. The van der Waals surface area contributed by atoms with Crippen LogP contribution in [-0.4, -0.2) is 90.2 Å². The van der Waals surface area contributed by atoms with Crippen molar-refractivity contribution in [3.05, 3.63) is 0 Å². The molecule has 8 heteroatoms. The van der Waals surface area contributed by atoms with Gasteiger partial charge in [0, 0.05) is 25.4 Å². The Labute approximate surface area is 271 Å². The van der Waals surface area contributed by atoms with E-state index in [1.807, 2.05) is 0 Å². The van der Waals surface area contributed by atoms with Gasteiger partial charge in [0.15, 0.2) is 12.4 Å². The maximum atomic E-state index is 12.5. The van der Waals surface area contributed by atoms with Crippen molar-refractivity contribution >= 4 is 5.97 Å². The Balaban J connectivity index is 1.15. The monoisotopic (exact) mass is 631 g/mol. The molecule has 5 aliphatic carbocycles. The van der Waals surface area contributed by atoms with Crippen molar-refractivity contribution in [1.82, 2.24) is 4.90 Å². The van der Waals surface area contributed by atoms with Crippen LogP contribution < -0.4 is 0 Å². The number of hydrogen-bond acceptors (Lipinski definition) is 8. The van der Waals surface area contributed by atoms with Gasteiger partial charge in [0.05, 0.1) is 36.6 Å². The first-order valence-electron chi connectivity index (χ1n) is 18.1. The largest absolute Gasteiger partial charge is 0.457 e. The fourth-order valence-corrected chi connectivity index (χ4v) is 13.6. The number of nitrogens with zero attached hydrogens (tertiary/aromatic N) is 1. The number of ether oxygens (including phenoxy) is 4. The summed E-state index contributed by atoms with van der Waals surface area (Å²) in [7, 11) is 2.15. The third-order valence-electron chi connectivity index (χ3n) is 15.6. The minimum Gasteiger partial charge on any atom is -0.457 e. The van der Waals surface area contributed by atoms with Crippen molar-refractivity contribution in [1.29, 1.82) is 0 Å². The maximum absolute atomic E-state index is 12.5. The molecular weight excluding hydrogens is 570 g/mol. The van der Waals surface area contributed by atoms with Crippen LogP contribution >= 0.6 is 0 Å². The van der Waals surface area contributed by atoms with Crippen LogP contribution in [0.4, 0.5) is 0 Å². The summed E-state index contributed by atoms with van der Waals surface area (Å²) in [4.78, 5) is 14.4. The third-order valence-corrected chi connectivity index (χ3v) is 15.6. The fraction of sp³-hybridized carbons (Fsp3) is 0.973. The van der Waals surface area contributed by atoms with Crippen molar-refractivity contribution in [2.45, 2.75) is 149 Å². The molecule has 45 heavy (non-hydrogen) atoms. The summed E-state index contributed by atoms with van der Waals surface area (Å²) in [5, 5.41) is 23.5. The quantitative estimate of drug-likeness (QED) is 0.401. The molecule has 0 aromatic rings. The van der Waals surface area contributed by atoms with E-state index in [4.69, 9.17) is 18.9 Å². The Morgan fingerprint density at radius 2 is 1.73 bits per heavy atom. The molecule has 7 aliphatic rings. The highest BCUT2D eigenvalue weighted by molar-refractivity contribution is 5.66. The van der Waals surface area contributed by atoms with Crippen LogP contribution in [-0.2, 0) is 23.7 Å². The first-order valence-corrected chi connectivity index (χ1v) is 18.1. The molecule has 2 aliphatic heterocycles. The first kappa shape index (κ1) is 32.8. The molecule has 0 bridgehead atoms. The molecule has 0 aromatic heterocycles. The number of likely N-dealkylation sites (N-methyl/N-ethyl adjacent to an activating group) is 1. The Bertz CT molecular complexity index is 1190. The number of esters is 1. The molecule has 5 saturated carbocycles. The SMILES string of the molecule is CC(=O)O[C@@H](C1C[C@@H](C)[C@H]2C(O1)C(O)[C@@]1(C)[C@H]3CC[C@H]4C(C)(C)[C@@H](O[C@H]5CN(C)CCO5)CC[C@@]45C[C@@]35CC[C@]21C)C(C)(C)O. The normalized spacial score (nSPS) is 52.8. The van der Waals surface area contributed by atoms with Gasteiger partial charge in [-0.3, -0.25) is 9.69 Å². The highest BCUT2D eigenvalue weighted by Gasteiger charge is 2.84. The Morgan fingerprint density at radius 1 is 1.04 bits per heavy atom. The average Bonchev–Trinajstić information content (AvgIpc) is 3.57. The molecule has 2 heterocycles. The van der Waals surface area contributed by atoms with Crippen molar-refractivity contribution in [3.8, 4) is 0 Å². The molecule has 256 valence electrons. The van der Waals surface area contributed by atoms with Gasteiger partial charge in [0.1, 0.15) is 0 Å². The van der Waals surface area contributed by atoms with Crippen molar-refractivity contribution < 1.29 is 34.0 Å². The van der Waals surface area contributed by atoms with E-state index in [0.717, 1.165) is 39.0 Å². The van der Waals surface area contributed by atoms with E-state index in [-0.39, 0.29) is 52.0 Å². The molecule has 14 atom stereocenters. The molecule has 3 unspecified atom stereocenters. The van der Waals surface area contributed by atoms with E-state index in [1.54, 1.807) is 13.8 Å². The summed E-state index contributed by atoms with van der Waals surface area (Å²) in [6.45, 7) is 19.4.